The predicted molar refractivity (Wildman–Crippen MR) is 127 cm³/mol. The Bertz CT molecular complexity index is 1080. The summed E-state index contributed by atoms with van der Waals surface area (Å²) in [6, 6.07) is 18.1. The number of rotatable bonds is 5. The minimum atomic E-state index is 0.362. The molecule has 32 heavy (non-hydrogen) atoms. The van der Waals surface area contributed by atoms with E-state index in [4.69, 9.17) is 0 Å². The van der Waals surface area contributed by atoms with Gasteiger partial charge < -0.3 is 20.6 Å². The van der Waals surface area contributed by atoms with Crippen molar-refractivity contribution in [2.45, 2.75) is 37.8 Å². The van der Waals surface area contributed by atoms with Gasteiger partial charge in [0.2, 0.25) is 0 Å². The summed E-state index contributed by atoms with van der Waals surface area (Å²) in [5.74, 6) is 1.98. The first-order chi connectivity index (χ1) is 15.8. The summed E-state index contributed by atoms with van der Waals surface area (Å²) in [6.45, 7) is 2.17. The van der Waals surface area contributed by atoms with Crippen LogP contribution in [0.3, 0.4) is 0 Å². The number of hydrogen-bond donors (Lipinski definition) is 4. The summed E-state index contributed by atoms with van der Waals surface area (Å²) in [6.07, 6.45) is 8.68. The van der Waals surface area contributed by atoms with Gasteiger partial charge in [-0.05, 0) is 55.5 Å². The molecule has 4 aromatic rings. The number of H-pyrrole nitrogens is 2. The smallest absolute Gasteiger partial charge is 0.137 e. The van der Waals surface area contributed by atoms with Crippen molar-refractivity contribution in [1.29, 1.82) is 0 Å². The second-order valence-corrected chi connectivity index (χ2v) is 8.82. The van der Waals surface area contributed by atoms with Crippen LogP contribution in [-0.4, -0.2) is 33.0 Å². The lowest BCUT2D eigenvalue weighted by atomic mass is 10.0. The second-order valence-electron chi connectivity index (χ2n) is 8.82. The van der Waals surface area contributed by atoms with Crippen molar-refractivity contribution in [2.24, 2.45) is 0 Å². The molecule has 162 valence electrons. The van der Waals surface area contributed by atoms with Gasteiger partial charge >= 0.3 is 0 Å². The molecule has 0 aliphatic carbocycles. The van der Waals surface area contributed by atoms with E-state index < -0.39 is 0 Å². The fourth-order valence-corrected chi connectivity index (χ4v) is 4.85. The zero-order chi connectivity index (χ0) is 21.3. The Labute approximate surface area is 187 Å². The molecule has 2 saturated heterocycles. The molecule has 2 atom stereocenters. The molecular weight excluding hydrogens is 396 g/mol. The number of hydrogen-bond acceptors (Lipinski definition) is 4. The lowest BCUT2D eigenvalue weighted by Gasteiger charge is -2.07. The topological polar surface area (TPSA) is 81.4 Å². The van der Waals surface area contributed by atoms with E-state index in [1.54, 1.807) is 0 Å². The Hall–Kier alpha value is -3.22. The first-order valence-electron chi connectivity index (χ1n) is 11.6. The fourth-order valence-electron chi connectivity index (χ4n) is 4.85. The van der Waals surface area contributed by atoms with Gasteiger partial charge in [-0.3, -0.25) is 0 Å². The largest absolute Gasteiger partial charge is 0.341 e. The number of aromatic nitrogens is 4. The minimum absolute atomic E-state index is 0.362. The van der Waals surface area contributed by atoms with Gasteiger partial charge in [0.25, 0.3) is 0 Å². The van der Waals surface area contributed by atoms with Crippen LogP contribution in [0.1, 0.15) is 49.3 Å². The van der Waals surface area contributed by atoms with Gasteiger partial charge in [0.1, 0.15) is 11.6 Å². The number of aromatic amines is 2. The highest BCUT2D eigenvalue weighted by molar-refractivity contribution is 5.71. The third kappa shape index (κ3) is 3.76. The van der Waals surface area contributed by atoms with E-state index in [0.29, 0.717) is 12.1 Å². The van der Waals surface area contributed by atoms with Gasteiger partial charge in [-0.15, -0.1) is 0 Å². The number of nitrogens with one attached hydrogen (secondary N) is 4. The average molecular weight is 425 g/mol. The summed E-state index contributed by atoms with van der Waals surface area (Å²) in [7, 11) is 0. The van der Waals surface area contributed by atoms with Crippen LogP contribution in [0.15, 0.2) is 60.9 Å². The Morgan fingerprint density at radius 1 is 0.625 bits per heavy atom. The van der Waals surface area contributed by atoms with Crippen LogP contribution in [0.4, 0.5) is 0 Å². The molecule has 2 aromatic carbocycles. The Morgan fingerprint density at radius 2 is 1.25 bits per heavy atom. The molecule has 2 fully saturated rings. The first kappa shape index (κ1) is 19.5. The van der Waals surface area contributed by atoms with Crippen LogP contribution < -0.4 is 10.6 Å². The molecule has 4 heterocycles. The van der Waals surface area contributed by atoms with Gasteiger partial charge in [-0.1, -0.05) is 48.5 Å². The van der Waals surface area contributed by atoms with E-state index in [9.17, 15) is 0 Å². The highest BCUT2D eigenvalue weighted by atomic mass is 15.0. The lowest BCUT2D eigenvalue weighted by molar-refractivity contribution is 0.613. The third-order valence-electron chi connectivity index (χ3n) is 6.70. The molecule has 2 aromatic heterocycles. The molecule has 0 spiro atoms. The maximum atomic E-state index is 4.60. The monoisotopic (exact) mass is 424 g/mol. The lowest BCUT2D eigenvalue weighted by Crippen LogP contribution is -2.14. The molecule has 6 heteroatoms. The Morgan fingerprint density at radius 3 is 1.91 bits per heavy atom. The highest BCUT2D eigenvalue weighted by Crippen LogP contribution is 2.29. The molecule has 1 unspecified atom stereocenters. The molecule has 2 aliphatic rings. The number of benzene rings is 2. The summed E-state index contributed by atoms with van der Waals surface area (Å²) in [5.41, 5.74) is 6.92. The van der Waals surface area contributed by atoms with E-state index in [2.05, 4.69) is 79.1 Å². The minimum Gasteiger partial charge on any atom is -0.341 e. The third-order valence-corrected chi connectivity index (χ3v) is 6.70. The fraction of sp³-hybridized carbons (Fsp3) is 0.308. The summed E-state index contributed by atoms with van der Waals surface area (Å²) < 4.78 is 0. The van der Waals surface area contributed by atoms with Gasteiger partial charge in [-0.25, -0.2) is 9.97 Å². The average Bonchev–Trinajstić information content (AvgIpc) is 3.66. The van der Waals surface area contributed by atoms with Crippen molar-refractivity contribution in [1.82, 2.24) is 30.6 Å². The Kier molecular flexibility index (Phi) is 5.09. The zero-order valence-electron chi connectivity index (χ0n) is 18.1. The van der Waals surface area contributed by atoms with Crippen molar-refractivity contribution >= 4 is 0 Å². The van der Waals surface area contributed by atoms with Gasteiger partial charge in [-0.2, -0.15) is 0 Å². The van der Waals surface area contributed by atoms with E-state index in [1.165, 1.54) is 36.1 Å². The predicted octanol–water partition coefficient (Wildman–Crippen LogP) is 4.98. The van der Waals surface area contributed by atoms with E-state index in [1.807, 2.05) is 12.4 Å². The van der Waals surface area contributed by atoms with Crippen molar-refractivity contribution in [2.75, 3.05) is 13.1 Å². The van der Waals surface area contributed by atoms with E-state index in [-0.39, 0.29) is 0 Å². The van der Waals surface area contributed by atoms with Crippen LogP contribution in [0.5, 0.6) is 0 Å². The van der Waals surface area contributed by atoms with Crippen molar-refractivity contribution < 1.29 is 0 Å². The SMILES string of the molecule is c1cc(-c2cnc([C@@H]3CCCN3)[nH]2)ccc1-c1ccc(-c2ncc(C3CCCN3)[nH]2)cc1. The molecule has 0 saturated carbocycles. The van der Waals surface area contributed by atoms with Crippen LogP contribution in [-0.2, 0) is 0 Å². The molecule has 4 N–H and O–H groups in total. The van der Waals surface area contributed by atoms with Gasteiger partial charge in [0.15, 0.2) is 0 Å². The van der Waals surface area contributed by atoms with Crippen molar-refractivity contribution in [3.05, 3.63) is 72.4 Å². The van der Waals surface area contributed by atoms with Crippen molar-refractivity contribution in [3.63, 3.8) is 0 Å². The summed E-state index contributed by atoms with van der Waals surface area (Å²) in [4.78, 5) is 16.2. The van der Waals surface area contributed by atoms with Crippen LogP contribution >= 0.6 is 0 Å². The van der Waals surface area contributed by atoms with E-state index >= 15 is 0 Å². The molecule has 6 rings (SSSR count). The van der Waals surface area contributed by atoms with Gasteiger partial charge in [0, 0.05) is 11.6 Å². The highest BCUT2D eigenvalue weighted by Gasteiger charge is 2.20. The maximum Gasteiger partial charge on any atom is 0.137 e. The molecule has 6 nitrogen and oxygen atoms in total. The summed E-state index contributed by atoms with van der Waals surface area (Å²) >= 11 is 0. The van der Waals surface area contributed by atoms with Crippen LogP contribution in [0.2, 0.25) is 0 Å². The van der Waals surface area contributed by atoms with Gasteiger partial charge in [0.05, 0.1) is 29.8 Å². The normalized spacial score (nSPS) is 20.8. The summed E-state index contributed by atoms with van der Waals surface area (Å²) in [5, 5.41) is 7.02. The molecule has 0 radical (unpaired) electrons. The van der Waals surface area contributed by atoms with Crippen LogP contribution in [0, 0.1) is 0 Å². The van der Waals surface area contributed by atoms with Crippen molar-refractivity contribution in [3.8, 4) is 33.8 Å². The molecule has 0 bridgehead atoms. The quantitative estimate of drug-likeness (QED) is 0.364. The standard InChI is InChI=1S/C26H28N6/c1-3-21(27-13-1)24-16-29-25(32-24)20-11-7-18(8-12-20)17-5-9-19(10-6-17)23-15-30-26(31-23)22-4-2-14-28-22/h5-12,15-16,21-22,27-28H,1-4,13-14H2,(H,29,32)(H,30,31)/t21?,22-/m0/s1. The number of nitrogens with zero attached hydrogens (tertiary/aromatic N) is 2. The Balaban J connectivity index is 1.17. The zero-order valence-corrected chi connectivity index (χ0v) is 18.1. The maximum absolute atomic E-state index is 4.60. The molecule has 0 amide bonds. The second kappa shape index (κ2) is 8.37. The molecular formula is C26H28N6. The van der Waals surface area contributed by atoms with Crippen LogP contribution in [0.25, 0.3) is 33.8 Å². The van der Waals surface area contributed by atoms with E-state index in [0.717, 1.165) is 48.0 Å². The first-order valence-corrected chi connectivity index (χ1v) is 11.6. The number of imidazole rings is 2. The molecule has 2 aliphatic heterocycles.